The lowest BCUT2D eigenvalue weighted by atomic mass is 10.2. The van der Waals surface area contributed by atoms with E-state index in [4.69, 9.17) is 23.2 Å². The molecule has 0 bridgehead atoms. The first-order chi connectivity index (χ1) is 10.5. The molecular weight excluding hydrogens is 321 g/mol. The first kappa shape index (κ1) is 17.5. The highest BCUT2D eigenvalue weighted by Crippen LogP contribution is 2.25. The molecular formula is C16H25Cl2N3O+2. The number of hydrogen-bond donors (Lipinski definition) is 3. The van der Waals surface area contributed by atoms with Gasteiger partial charge >= 0.3 is 0 Å². The Morgan fingerprint density at radius 3 is 2.59 bits per heavy atom. The Hall–Kier alpha value is -0.810. The van der Waals surface area contributed by atoms with Gasteiger partial charge in [-0.15, -0.1) is 0 Å². The fourth-order valence-electron chi connectivity index (χ4n) is 2.98. The molecule has 1 aromatic carbocycles. The molecule has 1 aliphatic rings. The molecule has 1 aromatic rings. The predicted molar refractivity (Wildman–Crippen MR) is 91.1 cm³/mol. The minimum Gasteiger partial charge on any atom is -0.326 e. The zero-order valence-corrected chi connectivity index (χ0v) is 14.7. The molecule has 1 saturated heterocycles. The van der Waals surface area contributed by atoms with E-state index in [0.717, 1.165) is 26.2 Å². The molecule has 0 aromatic heterocycles. The number of halogens is 2. The Morgan fingerprint density at radius 1 is 1.27 bits per heavy atom. The Bertz CT molecular complexity index is 516. The molecule has 1 aliphatic heterocycles. The third-order valence-electron chi connectivity index (χ3n) is 4.39. The number of hydrogen-bond acceptors (Lipinski definition) is 1. The van der Waals surface area contributed by atoms with E-state index in [2.05, 4.69) is 12.2 Å². The molecule has 22 heavy (non-hydrogen) atoms. The first-order valence-corrected chi connectivity index (χ1v) is 8.71. The van der Waals surface area contributed by atoms with Gasteiger partial charge in [0.15, 0.2) is 6.04 Å². The number of carbonyl (C=O) groups is 1. The molecule has 0 spiro atoms. The molecule has 2 rings (SSSR count). The number of amides is 1. The van der Waals surface area contributed by atoms with Crippen LogP contribution in [0.2, 0.25) is 10.0 Å². The van der Waals surface area contributed by atoms with Crippen LogP contribution in [0, 0.1) is 0 Å². The Balaban J connectivity index is 1.91. The van der Waals surface area contributed by atoms with E-state index in [9.17, 15) is 4.79 Å². The van der Waals surface area contributed by atoms with E-state index >= 15 is 0 Å². The van der Waals surface area contributed by atoms with Crippen LogP contribution in [0.4, 0.5) is 5.69 Å². The van der Waals surface area contributed by atoms with Gasteiger partial charge in [-0.25, -0.2) is 0 Å². The van der Waals surface area contributed by atoms with Gasteiger partial charge in [0, 0.05) is 5.02 Å². The Kier molecular flexibility index (Phi) is 6.50. The van der Waals surface area contributed by atoms with Crippen LogP contribution in [0.5, 0.6) is 0 Å². The Morgan fingerprint density at radius 2 is 1.95 bits per heavy atom. The molecule has 0 aliphatic carbocycles. The molecule has 1 amide bonds. The molecule has 3 N–H and O–H groups in total. The van der Waals surface area contributed by atoms with Gasteiger partial charge in [0.05, 0.1) is 17.3 Å². The normalized spacial score (nSPS) is 23.1. The number of rotatable bonds is 5. The zero-order chi connectivity index (χ0) is 16.1. The summed E-state index contributed by atoms with van der Waals surface area (Å²) in [5.41, 5.74) is 0.584. The molecule has 6 heteroatoms. The van der Waals surface area contributed by atoms with Crippen molar-refractivity contribution >= 4 is 34.8 Å². The van der Waals surface area contributed by atoms with Gasteiger partial charge in [-0.1, -0.05) is 30.1 Å². The van der Waals surface area contributed by atoms with Gasteiger partial charge in [-0.05, 0) is 31.5 Å². The van der Waals surface area contributed by atoms with E-state index < -0.39 is 0 Å². The third kappa shape index (κ3) is 4.59. The van der Waals surface area contributed by atoms with Crippen LogP contribution >= 0.6 is 23.2 Å². The van der Waals surface area contributed by atoms with Crippen LogP contribution in [-0.2, 0) is 4.79 Å². The van der Waals surface area contributed by atoms with Crippen molar-refractivity contribution in [2.75, 3.05) is 38.0 Å². The van der Waals surface area contributed by atoms with Crippen molar-refractivity contribution in [2.45, 2.75) is 26.3 Å². The highest BCUT2D eigenvalue weighted by Gasteiger charge is 2.30. The summed E-state index contributed by atoms with van der Waals surface area (Å²) in [6.07, 6.45) is 1.22. The van der Waals surface area contributed by atoms with Crippen molar-refractivity contribution in [1.29, 1.82) is 0 Å². The lowest BCUT2D eigenvalue weighted by Crippen LogP contribution is -3.30. The second kappa shape index (κ2) is 8.16. The largest absolute Gasteiger partial charge is 0.326 e. The quantitative estimate of drug-likeness (QED) is 0.714. The first-order valence-electron chi connectivity index (χ1n) is 7.95. The number of benzene rings is 1. The van der Waals surface area contributed by atoms with Crippen LogP contribution in [0.25, 0.3) is 0 Å². The molecule has 1 fully saturated rings. The fourth-order valence-corrected chi connectivity index (χ4v) is 3.32. The zero-order valence-electron chi connectivity index (χ0n) is 13.2. The van der Waals surface area contributed by atoms with E-state index in [0.29, 0.717) is 15.7 Å². The second-order valence-electron chi connectivity index (χ2n) is 5.99. The number of carbonyl (C=O) groups excluding carboxylic acids is 1. The van der Waals surface area contributed by atoms with E-state index in [1.165, 1.54) is 17.9 Å². The summed E-state index contributed by atoms with van der Waals surface area (Å²) in [6, 6.07) is 5.01. The maximum atomic E-state index is 12.4. The van der Waals surface area contributed by atoms with Gasteiger partial charge < -0.3 is 15.1 Å². The lowest BCUT2D eigenvalue weighted by molar-refractivity contribution is -1.02. The van der Waals surface area contributed by atoms with Crippen LogP contribution < -0.4 is 15.1 Å². The highest BCUT2D eigenvalue weighted by molar-refractivity contribution is 6.35. The van der Waals surface area contributed by atoms with Gasteiger partial charge in [0.2, 0.25) is 0 Å². The van der Waals surface area contributed by atoms with E-state index in [1.54, 1.807) is 23.1 Å². The summed E-state index contributed by atoms with van der Waals surface area (Å²) >= 11 is 12.1. The lowest BCUT2D eigenvalue weighted by Gasteiger charge is -2.32. The van der Waals surface area contributed by atoms with Crippen molar-refractivity contribution in [2.24, 2.45) is 0 Å². The SMILES string of the molecule is CCC[NH+]1CC[NH+]([C@H](C)C(=O)Nc2cc(Cl)ccc2Cl)CC1. The number of nitrogens with one attached hydrogen (secondary N) is 3. The second-order valence-corrected chi connectivity index (χ2v) is 6.84. The van der Waals surface area contributed by atoms with E-state index in [-0.39, 0.29) is 11.9 Å². The van der Waals surface area contributed by atoms with Crippen molar-refractivity contribution in [3.63, 3.8) is 0 Å². The van der Waals surface area contributed by atoms with Crippen LogP contribution in [0.15, 0.2) is 18.2 Å². The molecule has 1 heterocycles. The summed E-state index contributed by atoms with van der Waals surface area (Å²) < 4.78 is 0. The summed E-state index contributed by atoms with van der Waals surface area (Å²) in [6.45, 7) is 9.77. The average molecular weight is 346 g/mol. The summed E-state index contributed by atoms with van der Waals surface area (Å²) in [5, 5.41) is 3.98. The fraction of sp³-hybridized carbons (Fsp3) is 0.562. The van der Waals surface area contributed by atoms with Gasteiger partial charge in [-0.2, -0.15) is 0 Å². The summed E-state index contributed by atoms with van der Waals surface area (Å²) in [7, 11) is 0. The number of anilines is 1. The van der Waals surface area contributed by atoms with Crippen molar-refractivity contribution in [3.8, 4) is 0 Å². The molecule has 0 saturated carbocycles. The van der Waals surface area contributed by atoms with Crippen molar-refractivity contribution in [1.82, 2.24) is 0 Å². The predicted octanol–water partition coefficient (Wildman–Crippen LogP) is 0.514. The van der Waals surface area contributed by atoms with Crippen molar-refractivity contribution < 1.29 is 14.6 Å². The number of piperazine rings is 1. The minimum absolute atomic E-state index is 0.00175. The Labute approximate surface area is 142 Å². The highest BCUT2D eigenvalue weighted by atomic mass is 35.5. The standard InChI is InChI=1S/C16H23Cl2N3O/c1-3-6-20-7-9-21(10-8-20)12(2)16(22)19-15-11-13(17)4-5-14(15)18/h4-5,11-12H,3,6-10H2,1-2H3,(H,19,22)/p+2/t12-/m1/s1. The molecule has 122 valence electrons. The number of quaternary nitrogens is 2. The average Bonchev–Trinajstić information content (AvgIpc) is 2.51. The molecule has 0 radical (unpaired) electrons. The van der Waals surface area contributed by atoms with Crippen LogP contribution in [-0.4, -0.2) is 44.7 Å². The van der Waals surface area contributed by atoms with E-state index in [1.807, 2.05) is 6.92 Å². The molecule has 0 unspecified atom stereocenters. The summed E-state index contributed by atoms with van der Waals surface area (Å²) in [4.78, 5) is 15.4. The molecule has 1 atom stereocenters. The molecule has 4 nitrogen and oxygen atoms in total. The van der Waals surface area contributed by atoms with Crippen LogP contribution in [0.1, 0.15) is 20.3 Å². The topological polar surface area (TPSA) is 38.0 Å². The van der Waals surface area contributed by atoms with Crippen LogP contribution in [0.3, 0.4) is 0 Å². The maximum Gasteiger partial charge on any atom is 0.282 e. The smallest absolute Gasteiger partial charge is 0.282 e. The third-order valence-corrected chi connectivity index (χ3v) is 4.96. The van der Waals surface area contributed by atoms with Crippen molar-refractivity contribution in [3.05, 3.63) is 28.2 Å². The maximum absolute atomic E-state index is 12.4. The minimum atomic E-state index is -0.0850. The van der Waals surface area contributed by atoms with Gasteiger partial charge in [-0.3, -0.25) is 4.79 Å². The monoisotopic (exact) mass is 345 g/mol. The van der Waals surface area contributed by atoms with Gasteiger partial charge in [0.1, 0.15) is 26.2 Å². The summed E-state index contributed by atoms with van der Waals surface area (Å²) in [5.74, 6) is -0.00175. The van der Waals surface area contributed by atoms with Gasteiger partial charge in [0.25, 0.3) is 5.91 Å².